The molecular formula is C19H26N2O5. The van der Waals surface area contributed by atoms with E-state index < -0.39 is 35.0 Å². The standard InChI is InChI=1S/C19H26N2O5/c1-18(2,3)26-15(22)14(10-19(4)16(23)20-17(24)21-19)12-25-11-13-8-6-5-7-9-13/h5-9,14H,10-12H2,1-4H3,(H2,20,21,23,24). The lowest BCUT2D eigenvalue weighted by atomic mass is 9.89. The zero-order valence-corrected chi connectivity index (χ0v) is 15.6. The first kappa shape index (κ1) is 19.9. The van der Waals surface area contributed by atoms with Gasteiger partial charge in [0.1, 0.15) is 11.1 Å². The van der Waals surface area contributed by atoms with Crippen molar-refractivity contribution >= 4 is 17.9 Å². The lowest BCUT2D eigenvalue weighted by molar-refractivity contribution is -0.163. The minimum atomic E-state index is -1.17. The molecule has 0 aliphatic carbocycles. The second-order valence-electron chi connectivity index (χ2n) is 7.68. The predicted octanol–water partition coefficient (Wildman–Crippen LogP) is 2.15. The second kappa shape index (κ2) is 7.86. The Kier molecular flexibility index (Phi) is 6.02. The predicted molar refractivity (Wildman–Crippen MR) is 95.1 cm³/mol. The van der Waals surface area contributed by atoms with E-state index in [-0.39, 0.29) is 13.0 Å². The first-order chi connectivity index (χ1) is 12.1. The Morgan fingerprint density at radius 2 is 1.85 bits per heavy atom. The van der Waals surface area contributed by atoms with Gasteiger partial charge in [-0.25, -0.2) is 4.79 Å². The Morgan fingerprint density at radius 1 is 1.19 bits per heavy atom. The first-order valence-electron chi connectivity index (χ1n) is 8.57. The van der Waals surface area contributed by atoms with Crippen LogP contribution in [0.3, 0.4) is 0 Å². The van der Waals surface area contributed by atoms with Gasteiger partial charge in [-0.2, -0.15) is 0 Å². The molecule has 3 amide bonds. The molecule has 2 N–H and O–H groups in total. The molecule has 0 bridgehead atoms. The monoisotopic (exact) mass is 362 g/mol. The molecule has 2 atom stereocenters. The van der Waals surface area contributed by atoms with Crippen LogP contribution in [0.5, 0.6) is 0 Å². The average Bonchev–Trinajstić information content (AvgIpc) is 2.78. The van der Waals surface area contributed by atoms with E-state index in [0.29, 0.717) is 6.61 Å². The van der Waals surface area contributed by atoms with Crippen LogP contribution in [-0.2, 0) is 25.7 Å². The summed E-state index contributed by atoms with van der Waals surface area (Å²) in [7, 11) is 0. The summed E-state index contributed by atoms with van der Waals surface area (Å²) in [5.74, 6) is -1.60. The molecule has 0 saturated carbocycles. The Hall–Kier alpha value is -2.41. The van der Waals surface area contributed by atoms with E-state index in [1.807, 2.05) is 30.3 Å². The third-order valence-corrected chi connectivity index (χ3v) is 3.94. The Balaban J connectivity index is 2.04. The topological polar surface area (TPSA) is 93.7 Å². The summed E-state index contributed by atoms with van der Waals surface area (Å²) in [6.07, 6.45) is 0.0915. The summed E-state index contributed by atoms with van der Waals surface area (Å²) < 4.78 is 11.1. The normalized spacial score (nSPS) is 21.1. The van der Waals surface area contributed by atoms with Crippen molar-refractivity contribution in [3.05, 3.63) is 35.9 Å². The lowest BCUT2D eigenvalue weighted by Gasteiger charge is -2.28. The zero-order valence-electron chi connectivity index (χ0n) is 15.6. The molecular weight excluding hydrogens is 336 g/mol. The maximum Gasteiger partial charge on any atom is 0.322 e. The zero-order chi connectivity index (χ0) is 19.4. The van der Waals surface area contributed by atoms with Gasteiger partial charge >= 0.3 is 12.0 Å². The Labute approximate surface area is 153 Å². The molecule has 1 fully saturated rings. The number of esters is 1. The van der Waals surface area contributed by atoms with E-state index >= 15 is 0 Å². The van der Waals surface area contributed by atoms with Crippen molar-refractivity contribution in [3.63, 3.8) is 0 Å². The fraction of sp³-hybridized carbons (Fsp3) is 0.526. The number of imide groups is 1. The van der Waals surface area contributed by atoms with Crippen molar-refractivity contribution < 1.29 is 23.9 Å². The van der Waals surface area contributed by atoms with Crippen LogP contribution in [0, 0.1) is 5.92 Å². The van der Waals surface area contributed by atoms with Crippen LogP contribution in [0.25, 0.3) is 0 Å². The number of nitrogens with one attached hydrogen (secondary N) is 2. The minimum absolute atomic E-state index is 0.0859. The van der Waals surface area contributed by atoms with Crippen molar-refractivity contribution in [3.8, 4) is 0 Å². The maximum absolute atomic E-state index is 12.6. The molecule has 1 aliphatic heterocycles. The lowest BCUT2D eigenvalue weighted by Crippen LogP contribution is -2.47. The van der Waals surface area contributed by atoms with Gasteiger partial charge in [-0.1, -0.05) is 30.3 Å². The highest BCUT2D eigenvalue weighted by Crippen LogP contribution is 2.24. The number of carbonyl (C=O) groups excluding carboxylic acids is 3. The molecule has 1 aliphatic rings. The highest BCUT2D eigenvalue weighted by atomic mass is 16.6. The SMILES string of the molecule is CC(C)(C)OC(=O)C(COCc1ccccc1)CC1(C)NC(=O)NC1=O. The van der Waals surface area contributed by atoms with Crippen LogP contribution in [0.1, 0.15) is 39.7 Å². The molecule has 1 heterocycles. The van der Waals surface area contributed by atoms with Gasteiger partial charge in [0, 0.05) is 0 Å². The molecule has 2 rings (SSSR count). The minimum Gasteiger partial charge on any atom is -0.460 e. The highest BCUT2D eigenvalue weighted by molar-refractivity contribution is 6.06. The molecule has 26 heavy (non-hydrogen) atoms. The third kappa shape index (κ3) is 5.56. The largest absolute Gasteiger partial charge is 0.460 e. The van der Waals surface area contributed by atoms with Crippen LogP contribution in [-0.4, -0.2) is 35.7 Å². The van der Waals surface area contributed by atoms with Crippen LogP contribution < -0.4 is 10.6 Å². The molecule has 1 saturated heterocycles. The van der Waals surface area contributed by atoms with Crippen molar-refractivity contribution in [2.75, 3.05) is 6.61 Å². The molecule has 7 heteroatoms. The van der Waals surface area contributed by atoms with Crippen molar-refractivity contribution in [1.82, 2.24) is 10.6 Å². The van der Waals surface area contributed by atoms with E-state index in [1.165, 1.54) is 0 Å². The van der Waals surface area contributed by atoms with Crippen molar-refractivity contribution in [2.45, 2.75) is 51.9 Å². The van der Waals surface area contributed by atoms with E-state index in [4.69, 9.17) is 9.47 Å². The van der Waals surface area contributed by atoms with Gasteiger partial charge in [0.15, 0.2) is 0 Å². The number of amides is 3. The maximum atomic E-state index is 12.6. The first-order valence-corrected chi connectivity index (χ1v) is 8.57. The van der Waals surface area contributed by atoms with Gasteiger partial charge in [-0.3, -0.25) is 14.9 Å². The summed E-state index contributed by atoms with van der Waals surface area (Å²) in [6.45, 7) is 7.34. The smallest absolute Gasteiger partial charge is 0.322 e. The van der Waals surface area contributed by atoms with E-state index in [0.717, 1.165) is 5.56 Å². The molecule has 2 unspecified atom stereocenters. The van der Waals surface area contributed by atoms with Crippen LogP contribution in [0.4, 0.5) is 4.79 Å². The number of hydrogen-bond donors (Lipinski definition) is 2. The summed E-state index contributed by atoms with van der Waals surface area (Å²) in [4.78, 5) is 36.1. The third-order valence-electron chi connectivity index (χ3n) is 3.94. The second-order valence-corrected chi connectivity index (χ2v) is 7.68. The van der Waals surface area contributed by atoms with E-state index in [1.54, 1.807) is 27.7 Å². The number of rotatable bonds is 7. The molecule has 1 aromatic rings. The molecule has 1 aromatic carbocycles. The number of ether oxygens (including phenoxy) is 2. The van der Waals surface area contributed by atoms with Gasteiger partial charge in [-0.05, 0) is 39.7 Å². The number of urea groups is 1. The summed E-state index contributed by atoms with van der Waals surface area (Å²) >= 11 is 0. The fourth-order valence-corrected chi connectivity index (χ4v) is 2.70. The van der Waals surface area contributed by atoms with E-state index in [9.17, 15) is 14.4 Å². The fourth-order valence-electron chi connectivity index (χ4n) is 2.70. The van der Waals surface area contributed by atoms with Gasteiger partial charge in [0.2, 0.25) is 0 Å². The summed E-state index contributed by atoms with van der Waals surface area (Å²) in [6, 6.07) is 9.01. The Morgan fingerprint density at radius 3 is 2.38 bits per heavy atom. The molecule has 0 radical (unpaired) electrons. The van der Waals surface area contributed by atoms with Crippen LogP contribution in [0.2, 0.25) is 0 Å². The molecule has 0 aromatic heterocycles. The average molecular weight is 362 g/mol. The van der Waals surface area contributed by atoms with E-state index in [2.05, 4.69) is 10.6 Å². The highest BCUT2D eigenvalue weighted by Gasteiger charge is 2.45. The molecule has 7 nitrogen and oxygen atoms in total. The quantitative estimate of drug-likeness (QED) is 0.573. The number of hydrogen-bond acceptors (Lipinski definition) is 5. The Bertz CT molecular complexity index is 668. The summed E-state index contributed by atoms with van der Waals surface area (Å²) in [5.41, 5.74) is -0.848. The van der Waals surface area contributed by atoms with Crippen LogP contribution >= 0.6 is 0 Å². The van der Waals surface area contributed by atoms with Gasteiger partial charge in [-0.15, -0.1) is 0 Å². The van der Waals surface area contributed by atoms with Gasteiger partial charge in [0.05, 0.1) is 19.1 Å². The van der Waals surface area contributed by atoms with Crippen LogP contribution in [0.15, 0.2) is 30.3 Å². The van der Waals surface area contributed by atoms with Crippen molar-refractivity contribution in [1.29, 1.82) is 0 Å². The van der Waals surface area contributed by atoms with Gasteiger partial charge < -0.3 is 14.8 Å². The molecule has 0 spiro atoms. The summed E-state index contributed by atoms with van der Waals surface area (Å²) in [5, 5.41) is 4.77. The molecule has 142 valence electrons. The number of carbonyl (C=O) groups is 3. The van der Waals surface area contributed by atoms with Gasteiger partial charge in [0.25, 0.3) is 5.91 Å². The number of benzene rings is 1. The van der Waals surface area contributed by atoms with Crippen molar-refractivity contribution in [2.24, 2.45) is 5.92 Å².